The number of phenols is 2. The van der Waals surface area contributed by atoms with Crippen LogP contribution in [-0.4, -0.2) is 21.4 Å². The molecule has 0 bridgehead atoms. The average Bonchev–Trinajstić information content (AvgIpc) is 3.06. The number of aromatic nitrogens is 1. The lowest BCUT2D eigenvalue weighted by molar-refractivity contribution is 0.449. The Balaban J connectivity index is 1.75. The number of aromatic hydroxyl groups is 2. The highest BCUT2D eigenvalue weighted by atomic mass is 35.5. The van der Waals surface area contributed by atoms with Gasteiger partial charge in [0, 0.05) is 28.5 Å². The van der Waals surface area contributed by atoms with Crippen LogP contribution in [0.1, 0.15) is 11.1 Å². The highest BCUT2D eigenvalue weighted by molar-refractivity contribution is 7.14. The van der Waals surface area contributed by atoms with E-state index in [9.17, 15) is 10.2 Å². The van der Waals surface area contributed by atoms with Gasteiger partial charge in [0.25, 0.3) is 0 Å². The fourth-order valence-electron chi connectivity index (χ4n) is 2.16. The molecular formula is C17H14ClN3O2S. The minimum atomic E-state index is -0.0830. The predicted molar refractivity (Wildman–Crippen MR) is 98.1 cm³/mol. The third-order valence-electron chi connectivity index (χ3n) is 3.30. The van der Waals surface area contributed by atoms with E-state index in [1.165, 1.54) is 29.7 Å². The first-order valence-corrected chi connectivity index (χ1v) is 8.49. The summed E-state index contributed by atoms with van der Waals surface area (Å²) in [5.74, 6) is 0.0274. The smallest absolute Gasteiger partial charge is 0.203 e. The summed E-state index contributed by atoms with van der Waals surface area (Å²) in [4.78, 5) is 4.46. The predicted octanol–water partition coefficient (Wildman–Crippen LogP) is 4.41. The third-order valence-corrected chi connectivity index (χ3v) is 4.34. The molecule has 3 rings (SSSR count). The van der Waals surface area contributed by atoms with Gasteiger partial charge in [0.1, 0.15) is 11.5 Å². The first-order valence-electron chi connectivity index (χ1n) is 7.08. The quantitative estimate of drug-likeness (QED) is 0.358. The van der Waals surface area contributed by atoms with Gasteiger partial charge in [-0.3, -0.25) is 5.43 Å². The van der Waals surface area contributed by atoms with Crippen molar-refractivity contribution in [3.8, 4) is 22.8 Å². The standard InChI is InChI=1S/C17H14ClN3O2S/c18-8-12-6-13(22)7-16(23)14(12)9-19-21-17-20-15(10-24-17)11-4-2-1-3-5-11/h1-7,9-10,22-23H,8H2,(H,20,21). The number of benzene rings is 2. The molecule has 0 amide bonds. The molecule has 0 unspecified atom stereocenters. The van der Waals surface area contributed by atoms with Crippen molar-refractivity contribution in [1.82, 2.24) is 4.98 Å². The SMILES string of the molecule is Oc1cc(O)c(C=NNc2nc(-c3ccccc3)cs2)c(CCl)c1. The number of alkyl halides is 1. The van der Waals surface area contributed by atoms with Gasteiger partial charge in [-0.05, 0) is 11.6 Å². The minimum absolute atomic E-state index is 0.0410. The summed E-state index contributed by atoms with van der Waals surface area (Å²) in [7, 11) is 0. The number of anilines is 1. The van der Waals surface area contributed by atoms with E-state index in [4.69, 9.17) is 11.6 Å². The lowest BCUT2D eigenvalue weighted by atomic mass is 10.1. The van der Waals surface area contributed by atoms with Gasteiger partial charge in [0.2, 0.25) is 5.13 Å². The van der Waals surface area contributed by atoms with Crippen LogP contribution in [0.15, 0.2) is 52.9 Å². The van der Waals surface area contributed by atoms with Gasteiger partial charge in [-0.1, -0.05) is 30.3 Å². The van der Waals surface area contributed by atoms with Gasteiger partial charge in [0.15, 0.2) is 0 Å². The van der Waals surface area contributed by atoms with Crippen molar-refractivity contribution < 1.29 is 10.2 Å². The molecule has 0 aliphatic carbocycles. The molecule has 0 saturated carbocycles. The van der Waals surface area contributed by atoms with E-state index in [1.54, 1.807) is 0 Å². The largest absolute Gasteiger partial charge is 0.508 e. The second-order valence-corrected chi connectivity index (χ2v) is 6.07. The summed E-state index contributed by atoms with van der Waals surface area (Å²) >= 11 is 7.26. The number of nitrogens with one attached hydrogen (secondary N) is 1. The molecule has 24 heavy (non-hydrogen) atoms. The Morgan fingerprint density at radius 3 is 2.75 bits per heavy atom. The zero-order valence-electron chi connectivity index (χ0n) is 12.5. The molecular weight excluding hydrogens is 346 g/mol. The molecule has 2 aromatic carbocycles. The number of hydrazone groups is 1. The maximum Gasteiger partial charge on any atom is 0.203 e. The molecule has 0 aliphatic heterocycles. The number of hydrogen-bond donors (Lipinski definition) is 3. The lowest BCUT2D eigenvalue weighted by Gasteiger charge is -2.05. The number of rotatable bonds is 5. The Morgan fingerprint density at radius 1 is 1.21 bits per heavy atom. The minimum Gasteiger partial charge on any atom is -0.508 e. The summed E-state index contributed by atoms with van der Waals surface area (Å²) in [6.07, 6.45) is 1.45. The van der Waals surface area contributed by atoms with Crippen LogP contribution < -0.4 is 5.43 Å². The van der Waals surface area contributed by atoms with Crippen molar-refractivity contribution >= 4 is 34.3 Å². The molecule has 5 nitrogen and oxygen atoms in total. The maximum absolute atomic E-state index is 9.90. The first-order chi connectivity index (χ1) is 11.7. The number of nitrogens with zero attached hydrogens (tertiary/aromatic N) is 2. The van der Waals surface area contributed by atoms with Gasteiger partial charge < -0.3 is 10.2 Å². The van der Waals surface area contributed by atoms with Gasteiger partial charge in [-0.2, -0.15) is 5.10 Å². The Morgan fingerprint density at radius 2 is 2.00 bits per heavy atom. The molecule has 1 heterocycles. The van der Waals surface area contributed by atoms with E-state index in [2.05, 4.69) is 15.5 Å². The van der Waals surface area contributed by atoms with Crippen molar-refractivity contribution in [1.29, 1.82) is 0 Å². The van der Waals surface area contributed by atoms with Crippen LogP contribution >= 0.6 is 22.9 Å². The summed E-state index contributed by atoms with van der Waals surface area (Å²) in [5.41, 5.74) is 5.78. The topological polar surface area (TPSA) is 77.7 Å². The molecule has 0 saturated heterocycles. The fraction of sp³-hybridized carbons (Fsp3) is 0.0588. The summed E-state index contributed by atoms with van der Waals surface area (Å²) in [6.45, 7) is 0. The molecule has 7 heteroatoms. The number of phenolic OH excluding ortho intramolecular Hbond substituents is 2. The average molecular weight is 360 g/mol. The molecule has 0 atom stereocenters. The molecule has 122 valence electrons. The highest BCUT2D eigenvalue weighted by Gasteiger charge is 2.08. The van der Waals surface area contributed by atoms with Crippen LogP contribution in [-0.2, 0) is 5.88 Å². The van der Waals surface area contributed by atoms with Crippen molar-refractivity contribution in [2.24, 2.45) is 5.10 Å². The molecule has 3 N–H and O–H groups in total. The zero-order chi connectivity index (χ0) is 16.9. The van der Waals surface area contributed by atoms with E-state index in [-0.39, 0.29) is 17.4 Å². The van der Waals surface area contributed by atoms with Gasteiger partial charge in [-0.25, -0.2) is 4.98 Å². The number of halogens is 1. The van der Waals surface area contributed by atoms with E-state index in [1.807, 2.05) is 35.7 Å². The van der Waals surface area contributed by atoms with Crippen molar-refractivity contribution in [2.45, 2.75) is 5.88 Å². The molecule has 3 aromatic rings. The zero-order valence-corrected chi connectivity index (χ0v) is 14.1. The van der Waals surface area contributed by atoms with Crippen molar-refractivity contribution in [2.75, 3.05) is 5.43 Å². The molecule has 0 aliphatic rings. The van der Waals surface area contributed by atoms with Crippen LogP contribution in [0.5, 0.6) is 11.5 Å². The van der Waals surface area contributed by atoms with Crippen molar-refractivity contribution in [3.05, 3.63) is 59.0 Å². The second-order valence-electron chi connectivity index (χ2n) is 4.95. The van der Waals surface area contributed by atoms with Crippen molar-refractivity contribution in [3.63, 3.8) is 0 Å². The van der Waals surface area contributed by atoms with Crippen LogP contribution in [0.3, 0.4) is 0 Å². The summed E-state index contributed by atoms with van der Waals surface area (Å²) < 4.78 is 0. The molecule has 0 radical (unpaired) electrons. The van der Waals surface area contributed by atoms with E-state index in [0.717, 1.165) is 11.3 Å². The summed E-state index contributed by atoms with van der Waals surface area (Å²) in [6, 6.07) is 12.6. The normalized spacial score (nSPS) is 11.0. The van der Waals surface area contributed by atoms with Crippen LogP contribution in [0.25, 0.3) is 11.3 Å². The molecule has 0 fully saturated rings. The van der Waals surface area contributed by atoms with E-state index < -0.39 is 0 Å². The lowest BCUT2D eigenvalue weighted by Crippen LogP contribution is -1.95. The van der Waals surface area contributed by atoms with E-state index >= 15 is 0 Å². The van der Waals surface area contributed by atoms with E-state index in [0.29, 0.717) is 16.3 Å². The molecule has 1 aromatic heterocycles. The number of thiazole rings is 1. The Kier molecular flexibility index (Phi) is 4.98. The van der Waals surface area contributed by atoms with Crippen LogP contribution in [0.4, 0.5) is 5.13 Å². The Hall–Kier alpha value is -2.57. The first kappa shape index (κ1) is 16.3. The van der Waals surface area contributed by atoms with Gasteiger partial charge in [0.05, 0.1) is 11.9 Å². The monoisotopic (exact) mass is 359 g/mol. The highest BCUT2D eigenvalue weighted by Crippen LogP contribution is 2.27. The summed E-state index contributed by atoms with van der Waals surface area (Å²) in [5, 5.41) is 26.0. The van der Waals surface area contributed by atoms with Gasteiger partial charge >= 0.3 is 0 Å². The fourth-order valence-corrected chi connectivity index (χ4v) is 3.05. The van der Waals surface area contributed by atoms with Crippen LogP contribution in [0.2, 0.25) is 0 Å². The number of hydrogen-bond acceptors (Lipinski definition) is 6. The Bertz CT molecular complexity index is 866. The third kappa shape index (κ3) is 3.67. The molecule has 0 spiro atoms. The second kappa shape index (κ2) is 7.33. The maximum atomic E-state index is 9.90. The Labute approximate surface area is 147 Å². The van der Waals surface area contributed by atoms with Gasteiger partial charge in [-0.15, -0.1) is 22.9 Å². The van der Waals surface area contributed by atoms with Crippen LogP contribution in [0, 0.1) is 0 Å².